The van der Waals surface area contributed by atoms with Crippen LogP contribution in [0.4, 0.5) is 5.69 Å². The van der Waals surface area contributed by atoms with Crippen molar-refractivity contribution in [1.82, 2.24) is 0 Å². The van der Waals surface area contributed by atoms with Gasteiger partial charge in [0.05, 0.1) is 11.1 Å². The van der Waals surface area contributed by atoms with E-state index in [-0.39, 0.29) is 17.3 Å². The third-order valence-corrected chi connectivity index (χ3v) is 8.61. The van der Waals surface area contributed by atoms with Crippen molar-refractivity contribution < 1.29 is 14.4 Å². The van der Waals surface area contributed by atoms with E-state index in [9.17, 15) is 14.4 Å². The molecule has 184 valence electrons. The maximum atomic E-state index is 14.6. The second kappa shape index (κ2) is 8.37. The van der Waals surface area contributed by atoms with Crippen molar-refractivity contribution in [3.05, 3.63) is 142 Å². The first-order valence-corrected chi connectivity index (χ1v) is 13.0. The number of para-hydroxylation sites is 1. The molecule has 4 aromatic carbocycles. The standard InChI is InChI=1S/C33H22ClNO3/c34-25-16-8-7-15-24(25)30(36)29-28(21-11-2-1-3-12-21)33(31(37)22-13-5-6-14-23(22)32(33)38)27-19-18-20-10-4-9-17-26(20)35(27)29/h1-19,27-29H/t27-,28+,29-/m0/s1. The van der Waals surface area contributed by atoms with Gasteiger partial charge in [-0.3, -0.25) is 14.4 Å². The number of Topliss-reactive ketones (excluding diaryl/α,β-unsaturated/α-hetero) is 3. The monoisotopic (exact) mass is 515 g/mol. The van der Waals surface area contributed by atoms with Gasteiger partial charge in [-0.2, -0.15) is 0 Å². The van der Waals surface area contributed by atoms with Gasteiger partial charge in [0, 0.05) is 28.3 Å². The summed E-state index contributed by atoms with van der Waals surface area (Å²) in [5, 5.41) is 0.343. The molecule has 0 saturated carbocycles. The predicted octanol–water partition coefficient (Wildman–Crippen LogP) is 6.66. The first-order chi connectivity index (χ1) is 18.5. The van der Waals surface area contributed by atoms with Crippen LogP contribution < -0.4 is 4.90 Å². The van der Waals surface area contributed by atoms with Crippen molar-refractivity contribution in [1.29, 1.82) is 0 Å². The molecule has 2 aliphatic heterocycles. The maximum absolute atomic E-state index is 14.6. The number of carbonyl (C=O) groups excluding carboxylic acids is 3. The van der Waals surface area contributed by atoms with Crippen LogP contribution in [-0.2, 0) is 0 Å². The van der Waals surface area contributed by atoms with Crippen LogP contribution in [0.15, 0.2) is 109 Å². The Morgan fingerprint density at radius 2 is 1.34 bits per heavy atom. The molecule has 4 nitrogen and oxygen atoms in total. The topological polar surface area (TPSA) is 54.5 Å². The third kappa shape index (κ3) is 2.89. The number of anilines is 1. The fourth-order valence-electron chi connectivity index (χ4n) is 6.77. The molecule has 0 radical (unpaired) electrons. The molecular weight excluding hydrogens is 494 g/mol. The minimum absolute atomic E-state index is 0.215. The average molecular weight is 516 g/mol. The van der Waals surface area contributed by atoms with Crippen molar-refractivity contribution >= 4 is 40.7 Å². The van der Waals surface area contributed by atoms with E-state index in [1.807, 2.05) is 71.6 Å². The number of rotatable bonds is 3. The van der Waals surface area contributed by atoms with Gasteiger partial charge in [-0.1, -0.05) is 109 Å². The lowest BCUT2D eigenvalue weighted by atomic mass is 9.64. The predicted molar refractivity (Wildman–Crippen MR) is 148 cm³/mol. The minimum Gasteiger partial charge on any atom is -0.352 e. The van der Waals surface area contributed by atoms with Crippen LogP contribution >= 0.6 is 11.6 Å². The fourth-order valence-corrected chi connectivity index (χ4v) is 7.00. The SMILES string of the molecule is O=C(c1ccccc1Cl)[C@@H]1[C@@H](c2ccccc2)C2(C(=O)c3ccccc3C2=O)[C@@H]2C=Cc3ccccc3N12. The Bertz CT molecular complexity index is 1640. The third-order valence-electron chi connectivity index (χ3n) is 8.28. The molecule has 0 N–H and O–H groups in total. The smallest absolute Gasteiger partial charge is 0.187 e. The molecule has 2 heterocycles. The first kappa shape index (κ1) is 22.9. The van der Waals surface area contributed by atoms with E-state index >= 15 is 0 Å². The Kier molecular flexibility index (Phi) is 5.04. The molecular formula is C33H22ClNO3. The molecule has 1 saturated heterocycles. The van der Waals surface area contributed by atoms with Crippen LogP contribution in [0.2, 0.25) is 5.02 Å². The number of hydrogen-bond acceptors (Lipinski definition) is 4. The summed E-state index contributed by atoms with van der Waals surface area (Å²) in [4.78, 5) is 45.6. The Morgan fingerprint density at radius 3 is 2.05 bits per heavy atom. The number of ketones is 3. The lowest BCUT2D eigenvalue weighted by Gasteiger charge is -2.37. The van der Waals surface area contributed by atoms with Gasteiger partial charge in [-0.15, -0.1) is 0 Å². The van der Waals surface area contributed by atoms with Gasteiger partial charge in [-0.05, 0) is 29.3 Å². The van der Waals surface area contributed by atoms with E-state index in [4.69, 9.17) is 11.6 Å². The van der Waals surface area contributed by atoms with Gasteiger partial charge in [0.1, 0.15) is 11.5 Å². The van der Waals surface area contributed by atoms with Crippen LogP contribution in [0.3, 0.4) is 0 Å². The van der Waals surface area contributed by atoms with E-state index in [1.54, 1.807) is 48.5 Å². The number of fused-ring (bicyclic) bond motifs is 5. The van der Waals surface area contributed by atoms with Crippen LogP contribution in [0.25, 0.3) is 6.08 Å². The van der Waals surface area contributed by atoms with Crippen molar-refractivity contribution in [2.75, 3.05) is 4.90 Å². The minimum atomic E-state index is -1.50. The summed E-state index contributed by atoms with van der Waals surface area (Å²) in [7, 11) is 0. The molecule has 3 atom stereocenters. The lowest BCUT2D eigenvalue weighted by Crippen LogP contribution is -2.48. The van der Waals surface area contributed by atoms with Gasteiger partial charge < -0.3 is 4.90 Å². The molecule has 1 spiro atoms. The highest BCUT2D eigenvalue weighted by molar-refractivity contribution is 6.35. The summed E-state index contributed by atoms with van der Waals surface area (Å²) in [6.07, 6.45) is 3.89. The summed E-state index contributed by atoms with van der Waals surface area (Å²) >= 11 is 6.56. The summed E-state index contributed by atoms with van der Waals surface area (Å²) in [5.74, 6) is -1.42. The van der Waals surface area contributed by atoms with E-state index in [0.717, 1.165) is 16.8 Å². The van der Waals surface area contributed by atoms with Gasteiger partial charge in [0.15, 0.2) is 17.3 Å². The Hall–Kier alpha value is -4.28. The van der Waals surface area contributed by atoms with E-state index < -0.39 is 23.4 Å². The second-order valence-corrected chi connectivity index (χ2v) is 10.4. The molecule has 0 bridgehead atoms. The molecule has 0 unspecified atom stereocenters. The van der Waals surface area contributed by atoms with Gasteiger partial charge in [-0.25, -0.2) is 0 Å². The highest BCUT2D eigenvalue weighted by Crippen LogP contribution is 2.61. The number of benzene rings is 4. The molecule has 4 aromatic rings. The summed E-state index contributed by atoms with van der Waals surface area (Å²) in [5.41, 5.74) is 2.22. The number of halogens is 1. The Balaban J connectivity index is 1.56. The van der Waals surface area contributed by atoms with Gasteiger partial charge >= 0.3 is 0 Å². The largest absolute Gasteiger partial charge is 0.352 e. The number of nitrogens with zero attached hydrogens (tertiary/aromatic N) is 1. The molecule has 1 fully saturated rings. The lowest BCUT2D eigenvalue weighted by molar-refractivity contribution is 0.0666. The molecule has 7 rings (SSSR count). The van der Waals surface area contributed by atoms with Crippen LogP contribution in [-0.4, -0.2) is 29.4 Å². The number of carbonyl (C=O) groups is 3. The fraction of sp³-hybridized carbons (Fsp3) is 0.121. The average Bonchev–Trinajstić information content (AvgIpc) is 3.40. The van der Waals surface area contributed by atoms with E-state index in [0.29, 0.717) is 21.7 Å². The summed E-state index contributed by atoms with van der Waals surface area (Å²) < 4.78 is 0. The highest BCUT2D eigenvalue weighted by atomic mass is 35.5. The molecule has 1 aliphatic carbocycles. The highest BCUT2D eigenvalue weighted by Gasteiger charge is 2.71. The molecule has 38 heavy (non-hydrogen) atoms. The quantitative estimate of drug-likeness (QED) is 0.226. The van der Waals surface area contributed by atoms with Crippen molar-refractivity contribution in [3.8, 4) is 0 Å². The van der Waals surface area contributed by atoms with Gasteiger partial charge in [0.2, 0.25) is 0 Å². The molecule has 5 heteroatoms. The zero-order valence-electron chi connectivity index (χ0n) is 20.3. The second-order valence-electron chi connectivity index (χ2n) is 10.0. The number of hydrogen-bond donors (Lipinski definition) is 0. The van der Waals surface area contributed by atoms with Crippen molar-refractivity contribution in [3.63, 3.8) is 0 Å². The molecule has 0 amide bonds. The van der Waals surface area contributed by atoms with Gasteiger partial charge in [0.25, 0.3) is 0 Å². The van der Waals surface area contributed by atoms with Crippen molar-refractivity contribution in [2.45, 2.75) is 18.0 Å². The van der Waals surface area contributed by atoms with E-state index in [1.165, 1.54) is 0 Å². The molecule has 0 aromatic heterocycles. The normalized spacial score (nSPS) is 22.3. The zero-order chi connectivity index (χ0) is 26.0. The van der Waals surface area contributed by atoms with Crippen LogP contribution in [0, 0.1) is 5.41 Å². The Morgan fingerprint density at radius 1 is 0.737 bits per heavy atom. The van der Waals surface area contributed by atoms with E-state index in [2.05, 4.69) is 0 Å². The van der Waals surface area contributed by atoms with Crippen LogP contribution in [0.1, 0.15) is 48.1 Å². The first-order valence-electron chi connectivity index (χ1n) is 12.6. The Labute approximate surface area is 225 Å². The molecule has 3 aliphatic rings. The van der Waals surface area contributed by atoms with Crippen molar-refractivity contribution in [2.24, 2.45) is 5.41 Å². The summed E-state index contributed by atoms with van der Waals surface area (Å²) in [6, 6.07) is 29.8. The maximum Gasteiger partial charge on any atom is 0.187 e. The summed E-state index contributed by atoms with van der Waals surface area (Å²) in [6.45, 7) is 0. The van der Waals surface area contributed by atoms with Crippen LogP contribution in [0.5, 0.6) is 0 Å². The zero-order valence-corrected chi connectivity index (χ0v) is 21.0.